The van der Waals surface area contributed by atoms with Crippen LogP contribution in [0.25, 0.3) is 0 Å². The summed E-state index contributed by atoms with van der Waals surface area (Å²) in [6.07, 6.45) is 3.46. The Bertz CT molecular complexity index is 639. The van der Waals surface area contributed by atoms with Gasteiger partial charge in [0.15, 0.2) is 0 Å². The number of aromatic carboxylic acids is 1. The number of hydrogen-bond acceptors (Lipinski definition) is 3. The molecule has 2 aromatic rings. The van der Waals surface area contributed by atoms with Gasteiger partial charge in [0.25, 0.3) is 0 Å². The van der Waals surface area contributed by atoms with Crippen LogP contribution in [0, 0.1) is 6.92 Å². The molecule has 0 saturated carbocycles. The number of pyridine rings is 1. The molecule has 20 heavy (non-hydrogen) atoms. The minimum atomic E-state index is -1.01. The molecule has 0 atom stereocenters. The number of rotatable bonds is 4. The molecule has 1 heterocycles. The van der Waals surface area contributed by atoms with Crippen molar-refractivity contribution in [2.75, 3.05) is 5.32 Å². The molecule has 2 rings (SSSR count). The van der Waals surface area contributed by atoms with E-state index in [4.69, 9.17) is 5.11 Å². The fraction of sp³-hybridized carbons (Fsp3) is 0.133. The molecule has 1 aromatic heterocycles. The monoisotopic (exact) mass is 270 g/mol. The van der Waals surface area contributed by atoms with E-state index in [-0.39, 0.29) is 17.9 Å². The van der Waals surface area contributed by atoms with Crippen molar-refractivity contribution in [1.82, 2.24) is 4.98 Å². The van der Waals surface area contributed by atoms with Crippen molar-refractivity contribution in [3.63, 3.8) is 0 Å². The van der Waals surface area contributed by atoms with Crippen molar-refractivity contribution in [3.05, 3.63) is 59.4 Å². The van der Waals surface area contributed by atoms with E-state index in [2.05, 4.69) is 10.3 Å². The van der Waals surface area contributed by atoms with Crippen LogP contribution in [-0.2, 0) is 11.2 Å². The van der Waals surface area contributed by atoms with E-state index in [1.54, 1.807) is 37.5 Å². The highest BCUT2D eigenvalue weighted by Gasteiger charge is 2.10. The van der Waals surface area contributed by atoms with Gasteiger partial charge in [-0.05, 0) is 36.2 Å². The minimum Gasteiger partial charge on any atom is -0.478 e. The predicted molar refractivity (Wildman–Crippen MR) is 74.7 cm³/mol. The average molecular weight is 270 g/mol. The predicted octanol–water partition coefficient (Wildman–Crippen LogP) is 2.27. The number of carbonyl (C=O) groups excluding carboxylic acids is 1. The topological polar surface area (TPSA) is 79.3 Å². The Morgan fingerprint density at radius 3 is 2.75 bits per heavy atom. The van der Waals surface area contributed by atoms with E-state index in [1.807, 2.05) is 6.07 Å². The fourth-order valence-corrected chi connectivity index (χ4v) is 1.82. The normalized spacial score (nSPS) is 10.1. The summed E-state index contributed by atoms with van der Waals surface area (Å²) in [5, 5.41) is 11.7. The van der Waals surface area contributed by atoms with Gasteiger partial charge < -0.3 is 10.4 Å². The lowest BCUT2D eigenvalue weighted by Crippen LogP contribution is -2.15. The smallest absolute Gasteiger partial charge is 0.336 e. The van der Waals surface area contributed by atoms with Gasteiger partial charge in [-0.15, -0.1) is 0 Å². The van der Waals surface area contributed by atoms with E-state index >= 15 is 0 Å². The van der Waals surface area contributed by atoms with Gasteiger partial charge in [-0.25, -0.2) is 4.79 Å². The maximum atomic E-state index is 11.9. The van der Waals surface area contributed by atoms with Crippen molar-refractivity contribution >= 4 is 17.6 Å². The summed E-state index contributed by atoms with van der Waals surface area (Å²) in [4.78, 5) is 26.8. The van der Waals surface area contributed by atoms with Gasteiger partial charge in [-0.1, -0.05) is 12.1 Å². The number of benzene rings is 1. The van der Waals surface area contributed by atoms with Crippen LogP contribution >= 0.6 is 0 Å². The summed E-state index contributed by atoms with van der Waals surface area (Å²) >= 11 is 0. The van der Waals surface area contributed by atoms with Gasteiger partial charge in [0.2, 0.25) is 5.91 Å². The Hall–Kier alpha value is -2.69. The lowest BCUT2D eigenvalue weighted by molar-refractivity contribution is -0.115. The van der Waals surface area contributed by atoms with Crippen molar-refractivity contribution in [2.45, 2.75) is 13.3 Å². The first-order valence-electron chi connectivity index (χ1n) is 6.09. The van der Waals surface area contributed by atoms with E-state index in [9.17, 15) is 9.59 Å². The van der Waals surface area contributed by atoms with Gasteiger partial charge in [-0.3, -0.25) is 9.78 Å². The van der Waals surface area contributed by atoms with Crippen LogP contribution in [-0.4, -0.2) is 22.0 Å². The first-order chi connectivity index (χ1) is 9.56. The molecule has 0 fully saturated rings. The second-order valence-electron chi connectivity index (χ2n) is 4.42. The number of carboxylic acid groups (broad SMARTS) is 1. The number of carboxylic acids is 1. The third kappa shape index (κ3) is 3.41. The highest BCUT2D eigenvalue weighted by atomic mass is 16.4. The molecule has 5 heteroatoms. The van der Waals surface area contributed by atoms with Gasteiger partial charge in [0.05, 0.1) is 12.0 Å². The molecule has 0 aliphatic heterocycles. The fourth-order valence-electron chi connectivity index (χ4n) is 1.82. The number of aromatic nitrogens is 1. The lowest BCUT2D eigenvalue weighted by Gasteiger charge is -2.07. The number of nitrogens with one attached hydrogen (secondary N) is 1. The maximum Gasteiger partial charge on any atom is 0.336 e. The van der Waals surface area contributed by atoms with Gasteiger partial charge in [-0.2, -0.15) is 0 Å². The van der Waals surface area contributed by atoms with Crippen molar-refractivity contribution in [2.24, 2.45) is 0 Å². The van der Waals surface area contributed by atoms with E-state index < -0.39 is 5.97 Å². The highest BCUT2D eigenvalue weighted by molar-refractivity contribution is 5.95. The van der Waals surface area contributed by atoms with E-state index in [1.165, 1.54) is 6.07 Å². The van der Waals surface area contributed by atoms with Crippen molar-refractivity contribution in [3.8, 4) is 0 Å². The lowest BCUT2D eigenvalue weighted by atomic mass is 10.1. The molecule has 0 saturated heterocycles. The second-order valence-corrected chi connectivity index (χ2v) is 4.42. The van der Waals surface area contributed by atoms with Crippen LogP contribution in [0.2, 0.25) is 0 Å². The molecule has 0 spiro atoms. The molecule has 0 unspecified atom stereocenters. The third-order valence-electron chi connectivity index (χ3n) is 2.84. The number of aryl methyl sites for hydroxylation is 1. The molecule has 0 aliphatic carbocycles. The standard InChI is InChI=1S/C15H14N2O3/c1-10-4-5-12(8-13(10)15(19)20)17-14(18)7-11-3-2-6-16-9-11/h2-6,8-9H,7H2,1H3,(H,17,18)(H,19,20). The Labute approximate surface area is 116 Å². The summed E-state index contributed by atoms with van der Waals surface area (Å²) < 4.78 is 0. The zero-order valence-electron chi connectivity index (χ0n) is 11.0. The molecule has 102 valence electrons. The van der Waals surface area contributed by atoms with E-state index in [0.29, 0.717) is 11.3 Å². The number of amides is 1. The minimum absolute atomic E-state index is 0.184. The summed E-state index contributed by atoms with van der Waals surface area (Å²) in [5.41, 5.74) is 2.12. The first-order valence-corrected chi connectivity index (χ1v) is 6.09. The molecule has 0 aliphatic rings. The highest BCUT2D eigenvalue weighted by Crippen LogP contribution is 2.15. The summed E-state index contributed by atoms with van der Waals surface area (Å²) in [6, 6.07) is 8.38. The van der Waals surface area contributed by atoms with Crippen LogP contribution in [0.4, 0.5) is 5.69 Å². The number of carbonyl (C=O) groups is 2. The molecule has 1 amide bonds. The molecule has 5 nitrogen and oxygen atoms in total. The molecular formula is C15H14N2O3. The quantitative estimate of drug-likeness (QED) is 0.893. The molecular weight excluding hydrogens is 256 g/mol. The molecule has 1 aromatic carbocycles. The Balaban J connectivity index is 2.08. The van der Waals surface area contributed by atoms with Crippen LogP contribution in [0.5, 0.6) is 0 Å². The third-order valence-corrected chi connectivity index (χ3v) is 2.84. The van der Waals surface area contributed by atoms with Crippen LogP contribution < -0.4 is 5.32 Å². The Kier molecular flexibility index (Phi) is 4.10. The number of anilines is 1. The van der Waals surface area contributed by atoms with Crippen LogP contribution in [0.3, 0.4) is 0 Å². The zero-order chi connectivity index (χ0) is 14.5. The van der Waals surface area contributed by atoms with Crippen molar-refractivity contribution < 1.29 is 14.7 Å². The van der Waals surface area contributed by atoms with E-state index in [0.717, 1.165) is 5.56 Å². The maximum absolute atomic E-state index is 11.9. The molecule has 0 radical (unpaired) electrons. The Morgan fingerprint density at radius 2 is 2.10 bits per heavy atom. The number of hydrogen-bond donors (Lipinski definition) is 2. The summed E-state index contributed by atoms with van der Waals surface area (Å²) in [6.45, 7) is 1.71. The molecule has 2 N–H and O–H groups in total. The number of nitrogens with zero attached hydrogens (tertiary/aromatic N) is 1. The first kappa shape index (κ1) is 13.7. The summed E-state index contributed by atoms with van der Waals surface area (Å²) in [5.74, 6) is -1.22. The summed E-state index contributed by atoms with van der Waals surface area (Å²) in [7, 11) is 0. The van der Waals surface area contributed by atoms with Gasteiger partial charge in [0.1, 0.15) is 0 Å². The van der Waals surface area contributed by atoms with Gasteiger partial charge in [0, 0.05) is 18.1 Å². The van der Waals surface area contributed by atoms with Crippen LogP contribution in [0.15, 0.2) is 42.7 Å². The second kappa shape index (κ2) is 5.97. The zero-order valence-corrected chi connectivity index (χ0v) is 11.0. The average Bonchev–Trinajstić information content (AvgIpc) is 2.41. The SMILES string of the molecule is Cc1ccc(NC(=O)Cc2cccnc2)cc1C(=O)O. The van der Waals surface area contributed by atoms with Crippen molar-refractivity contribution in [1.29, 1.82) is 0 Å². The molecule has 0 bridgehead atoms. The largest absolute Gasteiger partial charge is 0.478 e. The van der Waals surface area contributed by atoms with Crippen LogP contribution in [0.1, 0.15) is 21.5 Å². The van der Waals surface area contributed by atoms with Gasteiger partial charge >= 0.3 is 5.97 Å². The Morgan fingerprint density at radius 1 is 1.30 bits per heavy atom.